The van der Waals surface area contributed by atoms with Gasteiger partial charge in [0.15, 0.2) is 0 Å². The molecule has 0 radical (unpaired) electrons. The number of furan rings is 2. The molecule has 36 heavy (non-hydrogen) atoms. The molecule has 0 N–H and O–H groups in total. The molecular formula is C34H20O2. The molecule has 0 saturated carbocycles. The molecule has 2 aromatic heterocycles. The van der Waals surface area contributed by atoms with E-state index in [1.54, 1.807) is 6.26 Å². The Bertz CT molecular complexity index is 2030. The second-order valence-corrected chi connectivity index (χ2v) is 9.29. The van der Waals surface area contributed by atoms with E-state index in [2.05, 4.69) is 97.1 Å². The zero-order valence-electron chi connectivity index (χ0n) is 19.4. The molecule has 0 fully saturated rings. The Morgan fingerprint density at radius 3 is 1.67 bits per heavy atom. The van der Waals surface area contributed by atoms with Crippen molar-refractivity contribution in [3.05, 3.63) is 122 Å². The smallest absolute Gasteiger partial charge is 0.136 e. The summed E-state index contributed by atoms with van der Waals surface area (Å²) in [6, 6.07) is 40.8. The predicted molar refractivity (Wildman–Crippen MR) is 149 cm³/mol. The second-order valence-electron chi connectivity index (χ2n) is 9.29. The maximum Gasteiger partial charge on any atom is 0.136 e. The van der Waals surface area contributed by atoms with Crippen LogP contribution in [0.25, 0.3) is 76.7 Å². The van der Waals surface area contributed by atoms with Crippen LogP contribution in [0.1, 0.15) is 0 Å². The van der Waals surface area contributed by atoms with Gasteiger partial charge in [-0.1, -0.05) is 84.9 Å². The molecule has 168 valence electrons. The maximum absolute atomic E-state index is 6.37. The molecule has 0 atom stereocenters. The molecule has 0 bridgehead atoms. The Balaban J connectivity index is 1.48. The quantitative estimate of drug-likeness (QED) is 0.240. The minimum atomic E-state index is 0.878. The summed E-state index contributed by atoms with van der Waals surface area (Å²) in [4.78, 5) is 0. The summed E-state index contributed by atoms with van der Waals surface area (Å²) >= 11 is 0. The van der Waals surface area contributed by atoms with E-state index < -0.39 is 0 Å². The van der Waals surface area contributed by atoms with Gasteiger partial charge < -0.3 is 8.83 Å². The van der Waals surface area contributed by atoms with Gasteiger partial charge in [-0.05, 0) is 74.1 Å². The third-order valence-electron chi connectivity index (χ3n) is 7.35. The Labute approximate surface area is 207 Å². The van der Waals surface area contributed by atoms with Gasteiger partial charge in [0.25, 0.3) is 0 Å². The number of rotatable bonds is 2. The lowest BCUT2D eigenvalue weighted by Crippen LogP contribution is -1.90. The zero-order chi connectivity index (χ0) is 23.6. The van der Waals surface area contributed by atoms with Crippen molar-refractivity contribution in [1.29, 1.82) is 0 Å². The number of hydrogen-bond donors (Lipinski definition) is 0. The molecule has 0 aliphatic rings. The summed E-state index contributed by atoms with van der Waals surface area (Å²) < 4.78 is 12.0. The lowest BCUT2D eigenvalue weighted by molar-refractivity contribution is 0.615. The SMILES string of the molecule is c1ccc(-c2c3ccccc3c(-c3ccc4c(c3)oc3ccc5occc5c34)c3ccccc23)cc1. The molecule has 2 heteroatoms. The summed E-state index contributed by atoms with van der Waals surface area (Å²) in [5.41, 5.74) is 7.53. The lowest BCUT2D eigenvalue weighted by atomic mass is 9.86. The zero-order valence-corrected chi connectivity index (χ0v) is 19.4. The highest BCUT2D eigenvalue weighted by molar-refractivity contribution is 6.23. The topological polar surface area (TPSA) is 26.3 Å². The van der Waals surface area contributed by atoms with Crippen molar-refractivity contribution < 1.29 is 8.83 Å². The van der Waals surface area contributed by atoms with Crippen molar-refractivity contribution in [2.45, 2.75) is 0 Å². The fourth-order valence-corrected chi connectivity index (χ4v) is 5.83. The molecule has 0 aliphatic heterocycles. The van der Waals surface area contributed by atoms with Gasteiger partial charge in [-0.15, -0.1) is 0 Å². The van der Waals surface area contributed by atoms with Gasteiger partial charge in [-0.3, -0.25) is 0 Å². The summed E-state index contributed by atoms with van der Waals surface area (Å²) in [7, 11) is 0. The van der Waals surface area contributed by atoms with Gasteiger partial charge in [-0.2, -0.15) is 0 Å². The van der Waals surface area contributed by atoms with Crippen LogP contribution in [0.4, 0.5) is 0 Å². The van der Waals surface area contributed by atoms with Gasteiger partial charge in [0.2, 0.25) is 0 Å². The number of benzene rings is 6. The van der Waals surface area contributed by atoms with Crippen LogP contribution in [-0.2, 0) is 0 Å². The fraction of sp³-hybridized carbons (Fsp3) is 0. The Hall–Kier alpha value is -4.82. The normalized spacial score (nSPS) is 11.9. The van der Waals surface area contributed by atoms with Crippen molar-refractivity contribution in [2.75, 3.05) is 0 Å². The largest absolute Gasteiger partial charge is 0.464 e. The standard InChI is InChI=1S/C34H20O2/c1-2-8-21(9-3-1)32-23-10-4-6-12-25(23)33(26-13-7-5-11-24(26)32)22-14-15-27-31(20-22)36-30-17-16-29-28(34(27)30)18-19-35-29/h1-20H. The van der Waals surface area contributed by atoms with Gasteiger partial charge in [0, 0.05) is 16.2 Å². The molecule has 8 aromatic rings. The maximum atomic E-state index is 6.37. The van der Waals surface area contributed by atoms with Crippen LogP contribution in [0.2, 0.25) is 0 Å². The van der Waals surface area contributed by atoms with Crippen LogP contribution in [0.5, 0.6) is 0 Å². The highest BCUT2D eigenvalue weighted by Crippen LogP contribution is 2.45. The Kier molecular flexibility index (Phi) is 3.97. The van der Waals surface area contributed by atoms with Crippen LogP contribution in [0.15, 0.2) is 130 Å². The summed E-state index contributed by atoms with van der Waals surface area (Å²) in [5, 5.41) is 8.28. The first-order valence-corrected chi connectivity index (χ1v) is 12.2. The molecule has 6 aromatic carbocycles. The minimum absolute atomic E-state index is 0.878. The molecule has 0 unspecified atom stereocenters. The number of fused-ring (bicyclic) bond motifs is 7. The summed E-state index contributed by atoms with van der Waals surface area (Å²) in [6.45, 7) is 0. The first kappa shape index (κ1) is 19.5. The van der Waals surface area contributed by atoms with Gasteiger partial charge in [0.05, 0.1) is 6.26 Å². The van der Waals surface area contributed by atoms with E-state index >= 15 is 0 Å². The third-order valence-corrected chi connectivity index (χ3v) is 7.35. The van der Waals surface area contributed by atoms with E-state index in [1.807, 2.05) is 18.2 Å². The first-order valence-electron chi connectivity index (χ1n) is 12.2. The molecule has 2 nitrogen and oxygen atoms in total. The van der Waals surface area contributed by atoms with Crippen LogP contribution < -0.4 is 0 Å². The van der Waals surface area contributed by atoms with Gasteiger partial charge >= 0.3 is 0 Å². The van der Waals surface area contributed by atoms with E-state index in [0.29, 0.717) is 0 Å². The first-order chi connectivity index (χ1) is 17.9. The molecule has 0 saturated heterocycles. The van der Waals surface area contributed by atoms with E-state index in [9.17, 15) is 0 Å². The van der Waals surface area contributed by atoms with Gasteiger partial charge in [0.1, 0.15) is 16.7 Å². The lowest BCUT2D eigenvalue weighted by Gasteiger charge is -2.17. The second kappa shape index (κ2) is 7.34. The van der Waals surface area contributed by atoms with Crippen LogP contribution in [0, 0.1) is 0 Å². The van der Waals surface area contributed by atoms with E-state index in [-0.39, 0.29) is 0 Å². The fourth-order valence-electron chi connectivity index (χ4n) is 5.83. The molecule has 2 heterocycles. The van der Waals surface area contributed by atoms with Crippen molar-refractivity contribution in [2.24, 2.45) is 0 Å². The predicted octanol–water partition coefficient (Wildman–Crippen LogP) is 9.97. The van der Waals surface area contributed by atoms with E-state index in [0.717, 1.165) is 38.5 Å². The summed E-state index contributed by atoms with van der Waals surface area (Å²) in [6.07, 6.45) is 1.74. The van der Waals surface area contributed by atoms with Crippen LogP contribution in [-0.4, -0.2) is 0 Å². The van der Waals surface area contributed by atoms with Crippen molar-refractivity contribution >= 4 is 54.5 Å². The molecule has 0 aliphatic carbocycles. The van der Waals surface area contributed by atoms with Crippen LogP contribution >= 0.6 is 0 Å². The van der Waals surface area contributed by atoms with Crippen LogP contribution in [0.3, 0.4) is 0 Å². The molecule has 0 spiro atoms. The monoisotopic (exact) mass is 460 g/mol. The number of hydrogen-bond acceptors (Lipinski definition) is 2. The average Bonchev–Trinajstić information content (AvgIpc) is 3.56. The summed E-state index contributed by atoms with van der Waals surface area (Å²) in [5.74, 6) is 0. The molecule has 0 amide bonds. The molecule has 8 rings (SSSR count). The Morgan fingerprint density at radius 2 is 0.972 bits per heavy atom. The van der Waals surface area contributed by atoms with Crippen molar-refractivity contribution in [3.63, 3.8) is 0 Å². The highest BCUT2D eigenvalue weighted by Gasteiger charge is 2.18. The average molecular weight is 461 g/mol. The van der Waals surface area contributed by atoms with E-state index in [4.69, 9.17) is 8.83 Å². The molecular weight excluding hydrogens is 440 g/mol. The highest BCUT2D eigenvalue weighted by atomic mass is 16.3. The van der Waals surface area contributed by atoms with Crippen molar-refractivity contribution in [1.82, 2.24) is 0 Å². The van der Waals surface area contributed by atoms with E-state index in [1.165, 1.54) is 38.2 Å². The van der Waals surface area contributed by atoms with Crippen molar-refractivity contribution in [3.8, 4) is 22.3 Å². The Morgan fingerprint density at radius 1 is 0.389 bits per heavy atom. The van der Waals surface area contributed by atoms with Gasteiger partial charge in [-0.25, -0.2) is 0 Å². The minimum Gasteiger partial charge on any atom is -0.464 e. The third kappa shape index (κ3) is 2.67.